The van der Waals surface area contributed by atoms with Gasteiger partial charge >= 0.3 is 0 Å². The molecule has 1 rings (SSSR count). The monoisotopic (exact) mass is 189 g/mol. The lowest BCUT2D eigenvalue weighted by Gasteiger charge is -2.00. The third-order valence-electron chi connectivity index (χ3n) is 1.80. The first-order valence-electron chi connectivity index (χ1n) is 4.15. The topological polar surface area (TPSA) is 63.3 Å². The van der Waals surface area contributed by atoms with Gasteiger partial charge in [-0.05, 0) is 30.0 Å². The number of nitrogens with two attached hydrogens (primary N) is 1. The molecule has 3 N–H and O–H groups in total. The number of rotatable bonds is 1. The van der Waals surface area contributed by atoms with E-state index in [0.717, 1.165) is 16.7 Å². The van der Waals surface area contributed by atoms with Crippen LogP contribution < -0.4 is 5.73 Å². The zero-order chi connectivity index (χ0) is 10.6. The van der Waals surface area contributed by atoms with E-state index in [4.69, 9.17) is 10.8 Å². The van der Waals surface area contributed by atoms with Crippen LogP contribution in [0.15, 0.2) is 18.2 Å². The maximum Gasteiger partial charge on any atom is 0.293 e. The Balaban J connectivity index is 3.08. The van der Waals surface area contributed by atoms with E-state index in [2.05, 4.69) is 11.8 Å². The molecule has 0 aliphatic heterocycles. The highest BCUT2D eigenvalue weighted by Crippen LogP contribution is 2.09. The summed E-state index contributed by atoms with van der Waals surface area (Å²) in [4.78, 5) is 10.4. The van der Waals surface area contributed by atoms with Crippen LogP contribution in [0.4, 0.5) is 0 Å². The molecule has 0 unspecified atom stereocenters. The van der Waals surface area contributed by atoms with Crippen LogP contribution in [0.5, 0.6) is 0 Å². The van der Waals surface area contributed by atoms with Crippen LogP contribution in [0.1, 0.15) is 16.7 Å². The molecular weight excluding hydrogens is 178 g/mol. The molecule has 1 aromatic rings. The van der Waals surface area contributed by atoms with Crippen LogP contribution in [0, 0.1) is 18.8 Å². The molecule has 3 nitrogen and oxygen atoms in total. The molecule has 72 valence electrons. The summed E-state index contributed by atoms with van der Waals surface area (Å²) in [5.41, 5.74) is 7.34. The molecule has 0 radical (unpaired) electrons. The molecule has 0 saturated heterocycles. The standard InChI is InChI=1S/C11H11NO2/c1-8-2-3-9(7-13)6-10(8)4-5-11(12)14/h2-3,6,13H,7H2,1H3,(H2,12,14). The maximum atomic E-state index is 10.4. The van der Waals surface area contributed by atoms with Gasteiger partial charge < -0.3 is 10.8 Å². The van der Waals surface area contributed by atoms with Gasteiger partial charge in [0.05, 0.1) is 6.61 Å². The average Bonchev–Trinajstić information content (AvgIpc) is 2.16. The quantitative estimate of drug-likeness (QED) is 0.625. The van der Waals surface area contributed by atoms with E-state index in [9.17, 15) is 4.79 Å². The fourth-order valence-corrected chi connectivity index (χ4v) is 1.03. The summed E-state index contributed by atoms with van der Waals surface area (Å²) in [6.07, 6.45) is 0. The number of hydrogen-bond donors (Lipinski definition) is 2. The van der Waals surface area contributed by atoms with Crippen molar-refractivity contribution >= 4 is 5.91 Å². The molecule has 1 amide bonds. The summed E-state index contributed by atoms with van der Waals surface area (Å²) in [5.74, 6) is 4.26. The number of aliphatic hydroxyl groups is 1. The van der Waals surface area contributed by atoms with Gasteiger partial charge in [-0.2, -0.15) is 0 Å². The Morgan fingerprint density at radius 1 is 1.57 bits per heavy atom. The summed E-state index contributed by atoms with van der Waals surface area (Å²) in [6.45, 7) is 1.84. The lowest BCUT2D eigenvalue weighted by Crippen LogP contribution is -2.06. The molecule has 0 spiro atoms. The number of aliphatic hydroxyl groups excluding tert-OH is 1. The van der Waals surface area contributed by atoms with Gasteiger partial charge in [0.2, 0.25) is 0 Å². The van der Waals surface area contributed by atoms with Crippen LogP contribution in [-0.4, -0.2) is 11.0 Å². The van der Waals surface area contributed by atoms with E-state index >= 15 is 0 Å². The number of carbonyl (C=O) groups excluding carboxylic acids is 1. The first-order valence-corrected chi connectivity index (χ1v) is 4.15. The van der Waals surface area contributed by atoms with Crippen molar-refractivity contribution in [2.24, 2.45) is 5.73 Å². The molecule has 1 aromatic carbocycles. The van der Waals surface area contributed by atoms with Gasteiger partial charge in [-0.15, -0.1) is 0 Å². The first kappa shape index (κ1) is 10.3. The Morgan fingerprint density at radius 2 is 2.29 bits per heavy atom. The lowest BCUT2D eigenvalue weighted by molar-refractivity contribution is -0.112. The smallest absolute Gasteiger partial charge is 0.293 e. The number of carbonyl (C=O) groups is 1. The highest BCUT2D eigenvalue weighted by molar-refractivity contribution is 5.92. The molecule has 0 aromatic heterocycles. The molecule has 3 heteroatoms. The number of primary amides is 1. The van der Waals surface area contributed by atoms with Gasteiger partial charge in [0, 0.05) is 5.56 Å². The van der Waals surface area contributed by atoms with Gasteiger partial charge in [-0.3, -0.25) is 4.79 Å². The van der Waals surface area contributed by atoms with Crippen molar-refractivity contribution in [3.05, 3.63) is 34.9 Å². The molecule has 0 atom stereocenters. The predicted molar refractivity (Wildman–Crippen MR) is 53.2 cm³/mol. The van der Waals surface area contributed by atoms with Crippen molar-refractivity contribution in [1.29, 1.82) is 0 Å². The molecule has 0 aliphatic rings. The number of hydrogen-bond acceptors (Lipinski definition) is 2. The van der Waals surface area contributed by atoms with Crippen molar-refractivity contribution in [1.82, 2.24) is 0 Å². The summed E-state index contributed by atoms with van der Waals surface area (Å²) < 4.78 is 0. The Bertz CT molecular complexity index is 413. The zero-order valence-electron chi connectivity index (χ0n) is 7.87. The first-order chi connectivity index (χ1) is 6.63. The van der Waals surface area contributed by atoms with Crippen LogP contribution in [0.25, 0.3) is 0 Å². The van der Waals surface area contributed by atoms with Crippen molar-refractivity contribution in [3.63, 3.8) is 0 Å². The van der Waals surface area contributed by atoms with Gasteiger partial charge in [-0.1, -0.05) is 18.1 Å². The molecule has 0 fully saturated rings. The van der Waals surface area contributed by atoms with Crippen molar-refractivity contribution < 1.29 is 9.90 Å². The average molecular weight is 189 g/mol. The summed E-state index contributed by atoms with van der Waals surface area (Å²) >= 11 is 0. The second-order valence-corrected chi connectivity index (χ2v) is 2.92. The largest absolute Gasteiger partial charge is 0.392 e. The molecule has 0 saturated carbocycles. The number of amides is 1. The van der Waals surface area contributed by atoms with E-state index in [-0.39, 0.29) is 6.61 Å². The maximum absolute atomic E-state index is 10.4. The fourth-order valence-electron chi connectivity index (χ4n) is 1.03. The third kappa shape index (κ3) is 2.61. The van der Waals surface area contributed by atoms with Crippen molar-refractivity contribution in [3.8, 4) is 11.8 Å². The van der Waals surface area contributed by atoms with Gasteiger partial charge in [0.1, 0.15) is 0 Å². The highest BCUT2D eigenvalue weighted by atomic mass is 16.3. The Labute approximate surface area is 82.6 Å². The van der Waals surface area contributed by atoms with Crippen molar-refractivity contribution in [2.45, 2.75) is 13.5 Å². The zero-order valence-corrected chi connectivity index (χ0v) is 7.87. The van der Waals surface area contributed by atoms with E-state index < -0.39 is 5.91 Å². The van der Waals surface area contributed by atoms with Gasteiger partial charge in [0.15, 0.2) is 0 Å². The molecule has 0 bridgehead atoms. The summed E-state index contributed by atoms with van der Waals surface area (Å²) in [5, 5.41) is 8.89. The minimum Gasteiger partial charge on any atom is -0.392 e. The Morgan fingerprint density at radius 3 is 2.86 bits per heavy atom. The second kappa shape index (κ2) is 4.45. The van der Waals surface area contributed by atoms with Crippen LogP contribution >= 0.6 is 0 Å². The van der Waals surface area contributed by atoms with Crippen molar-refractivity contribution in [2.75, 3.05) is 0 Å². The number of aryl methyl sites for hydroxylation is 1. The van der Waals surface area contributed by atoms with Gasteiger partial charge in [0.25, 0.3) is 5.91 Å². The molecular formula is C11H11NO2. The van der Waals surface area contributed by atoms with Crippen LogP contribution in [-0.2, 0) is 11.4 Å². The normalized spacial score (nSPS) is 9.00. The summed E-state index contributed by atoms with van der Waals surface area (Å²) in [7, 11) is 0. The highest BCUT2D eigenvalue weighted by Gasteiger charge is 1.96. The molecule has 0 heterocycles. The van der Waals surface area contributed by atoms with Crippen LogP contribution in [0.3, 0.4) is 0 Å². The Hall–Kier alpha value is -1.79. The van der Waals surface area contributed by atoms with E-state index in [1.807, 2.05) is 19.1 Å². The molecule has 0 aliphatic carbocycles. The van der Waals surface area contributed by atoms with Gasteiger partial charge in [-0.25, -0.2) is 0 Å². The predicted octanol–water partition coefficient (Wildman–Crippen LogP) is 0.324. The van der Waals surface area contributed by atoms with Crippen LogP contribution in [0.2, 0.25) is 0 Å². The van der Waals surface area contributed by atoms with E-state index in [1.54, 1.807) is 6.07 Å². The summed E-state index contributed by atoms with van der Waals surface area (Å²) in [6, 6.07) is 5.40. The lowest BCUT2D eigenvalue weighted by atomic mass is 10.1. The van der Waals surface area contributed by atoms with E-state index in [0.29, 0.717) is 0 Å². The van der Waals surface area contributed by atoms with E-state index in [1.165, 1.54) is 0 Å². The number of benzene rings is 1. The minimum absolute atomic E-state index is 0.0362. The third-order valence-corrected chi connectivity index (χ3v) is 1.80. The fraction of sp³-hybridized carbons (Fsp3) is 0.182. The Kier molecular flexibility index (Phi) is 3.27. The second-order valence-electron chi connectivity index (χ2n) is 2.92. The molecule has 14 heavy (non-hydrogen) atoms. The minimum atomic E-state index is -0.654. The SMILES string of the molecule is Cc1ccc(CO)cc1C#CC(N)=O.